The summed E-state index contributed by atoms with van der Waals surface area (Å²) < 4.78 is 13.8. The summed E-state index contributed by atoms with van der Waals surface area (Å²) in [6.07, 6.45) is 4.45. The van der Waals surface area contributed by atoms with Gasteiger partial charge in [0.2, 0.25) is 5.91 Å². The molecule has 27 heavy (non-hydrogen) atoms. The predicted octanol–water partition coefficient (Wildman–Crippen LogP) is 1.93. The van der Waals surface area contributed by atoms with E-state index in [1.807, 2.05) is 4.90 Å². The molecule has 6 nitrogen and oxygen atoms in total. The van der Waals surface area contributed by atoms with Crippen LogP contribution in [0.1, 0.15) is 42.5 Å². The van der Waals surface area contributed by atoms with Crippen molar-refractivity contribution < 1.29 is 14.0 Å². The molecule has 1 aliphatic carbocycles. The summed E-state index contributed by atoms with van der Waals surface area (Å²) >= 11 is 0. The van der Waals surface area contributed by atoms with Crippen molar-refractivity contribution >= 4 is 11.8 Å². The van der Waals surface area contributed by atoms with E-state index in [4.69, 9.17) is 0 Å². The summed E-state index contributed by atoms with van der Waals surface area (Å²) in [5, 5.41) is 12.4. The zero-order valence-electron chi connectivity index (χ0n) is 15.4. The maximum Gasteiger partial charge on any atom is 0.256 e. The maximum absolute atomic E-state index is 13.8. The van der Waals surface area contributed by atoms with Crippen molar-refractivity contribution in [1.82, 2.24) is 15.1 Å². The fraction of sp³-hybridized carbons (Fsp3) is 0.550. The lowest BCUT2D eigenvalue weighted by atomic mass is 9.83. The van der Waals surface area contributed by atoms with Crippen LogP contribution < -0.4 is 5.32 Å². The second-order valence-electron chi connectivity index (χ2n) is 7.35. The van der Waals surface area contributed by atoms with Crippen LogP contribution in [-0.2, 0) is 4.79 Å². The second kappa shape index (κ2) is 8.49. The summed E-state index contributed by atoms with van der Waals surface area (Å²) in [5.74, 6) is -0.978. The van der Waals surface area contributed by atoms with Gasteiger partial charge in [-0.1, -0.05) is 31.4 Å². The Labute approximate surface area is 158 Å². The van der Waals surface area contributed by atoms with Gasteiger partial charge in [0, 0.05) is 26.2 Å². The van der Waals surface area contributed by atoms with Gasteiger partial charge in [-0.25, -0.2) is 4.39 Å². The molecule has 1 heterocycles. The number of nitriles is 1. The van der Waals surface area contributed by atoms with E-state index in [0.29, 0.717) is 39.0 Å². The first-order valence-corrected chi connectivity index (χ1v) is 9.51. The van der Waals surface area contributed by atoms with Gasteiger partial charge in [0.1, 0.15) is 11.4 Å². The number of hydrogen-bond donors (Lipinski definition) is 1. The Kier molecular flexibility index (Phi) is 6.07. The number of nitrogens with zero attached hydrogens (tertiary/aromatic N) is 3. The average Bonchev–Trinajstić information content (AvgIpc) is 2.69. The largest absolute Gasteiger partial charge is 0.337 e. The van der Waals surface area contributed by atoms with Crippen LogP contribution in [-0.4, -0.2) is 59.9 Å². The van der Waals surface area contributed by atoms with Crippen molar-refractivity contribution in [1.29, 1.82) is 5.26 Å². The molecule has 0 spiro atoms. The second-order valence-corrected chi connectivity index (χ2v) is 7.35. The van der Waals surface area contributed by atoms with Crippen LogP contribution in [0.25, 0.3) is 0 Å². The molecule has 0 atom stereocenters. The molecule has 1 aromatic carbocycles. The van der Waals surface area contributed by atoms with E-state index in [2.05, 4.69) is 11.4 Å². The molecule has 0 unspecified atom stereocenters. The third-order valence-corrected chi connectivity index (χ3v) is 5.43. The first-order chi connectivity index (χ1) is 13.0. The third kappa shape index (κ3) is 4.64. The van der Waals surface area contributed by atoms with Crippen LogP contribution in [0.3, 0.4) is 0 Å². The topological polar surface area (TPSA) is 76.4 Å². The van der Waals surface area contributed by atoms with Crippen LogP contribution in [0.5, 0.6) is 0 Å². The summed E-state index contributed by atoms with van der Waals surface area (Å²) in [7, 11) is 0. The molecule has 0 aromatic heterocycles. The molecule has 1 aromatic rings. The Hall–Kier alpha value is -2.46. The third-order valence-electron chi connectivity index (χ3n) is 5.43. The predicted molar refractivity (Wildman–Crippen MR) is 98.3 cm³/mol. The number of piperazine rings is 1. The highest BCUT2D eigenvalue weighted by Gasteiger charge is 2.34. The molecule has 3 rings (SSSR count). The highest BCUT2D eigenvalue weighted by atomic mass is 19.1. The smallest absolute Gasteiger partial charge is 0.256 e. The lowest BCUT2D eigenvalue weighted by Crippen LogP contribution is -2.55. The quantitative estimate of drug-likeness (QED) is 0.876. The Morgan fingerprint density at radius 3 is 2.41 bits per heavy atom. The molecule has 2 fully saturated rings. The standard InChI is InChI=1S/C20H25FN4O2/c21-17-7-3-2-6-16(17)19(27)25-12-10-24(11-13-25)14-18(26)23-20(15-22)8-4-1-5-9-20/h2-3,6-7H,1,4-5,8-14H2,(H,23,26). The van der Waals surface area contributed by atoms with Gasteiger partial charge in [0.25, 0.3) is 5.91 Å². The van der Waals surface area contributed by atoms with Crippen LogP contribution >= 0.6 is 0 Å². The van der Waals surface area contributed by atoms with Gasteiger partial charge in [0.05, 0.1) is 18.2 Å². The number of benzene rings is 1. The van der Waals surface area contributed by atoms with E-state index < -0.39 is 11.4 Å². The highest BCUT2D eigenvalue weighted by molar-refractivity contribution is 5.94. The highest BCUT2D eigenvalue weighted by Crippen LogP contribution is 2.27. The van der Waals surface area contributed by atoms with E-state index in [-0.39, 0.29) is 23.9 Å². The summed E-state index contributed by atoms with van der Waals surface area (Å²) in [4.78, 5) is 28.4. The van der Waals surface area contributed by atoms with Crippen molar-refractivity contribution in [2.24, 2.45) is 0 Å². The number of hydrogen-bond acceptors (Lipinski definition) is 4. The van der Waals surface area contributed by atoms with E-state index >= 15 is 0 Å². The van der Waals surface area contributed by atoms with Gasteiger partial charge in [-0.3, -0.25) is 14.5 Å². The molecule has 1 saturated carbocycles. The minimum Gasteiger partial charge on any atom is -0.337 e. The Morgan fingerprint density at radius 1 is 1.11 bits per heavy atom. The fourth-order valence-corrected chi connectivity index (χ4v) is 3.84. The van der Waals surface area contributed by atoms with Crippen LogP contribution in [0.15, 0.2) is 24.3 Å². The number of amides is 2. The summed E-state index contributed by atoms with van der Waals surface area (Å²) in [6, 6.07) is 8.27. The van der Waals surface area contributed by atoms with Crippen LogP contribution in [0.2, 0.25) is 0 Å². The average molecular weight is 372 g/mol. The van der Waals surface area contributed by atoms with Crippen LogP contribution in [0.4, 0.5) is 4.39 Å². The van der Waals surface area contributed by atoms with Gasteiger partial charge in [-0.05, 0) is 25.0 Å². The van der Waals surface area contributed by atoms with E-state index in [1.165, 1.54) is 12.1 Å². The van der Waals surface area contributed by atoms with Gasteiger partial charge >= 0.3 is 0 Å². The molecule has 144 valence electrons. The summed E-state index contributed by atoms with van der Waals surface area (Å²) in [5.41, 5.74) is -0.644. The Morgan fingerprint density at radius 2 is 1.78 bits per heavy atom. The molecule has 2 aliphatic rings. The number of rotatable bonds is 4. The first-order valence-electron chi connectivity index (χ1n) is 9.51. The van der Waals surface area contributed by atoms with Crippen molar-refractivity contribution in [3.05, 3.63) is 35.6 Å². The van der Waals surface area contributed by atoms with E-state index in [1.54, 1.807) is 17.0 Å². The summed E-state index contributed by atoms with van der Waals surface area (Å²) in [6.45, 7) is 2.21. The molecular formula is C20H25FN4O2. The van der Waals surface area contributed by atoms with Gasteiger partial charge in [-0.2, -0.15) is 5.26 Å². The van der Waals surface area contributed by atoms with Crippen molar-refractivity contribution in [3.8, 4) is 6.07 Å². The van der Waals surface area contributed by atoms with Crippen LogP contribution in [0, 0.1) is 17.1 Å². The molecule has 2 amide bonds. The number of carbonyl (C=O) groups is 2. The zero-order valence-corrected chi connectivity index (χ0v) is 15.4. The van der Waals surface area contributed by atoms with Gasteiger partial charge in [-0.15, -0.1) is 0 Å². The van der Waals surface area contributed by atoms with Crippen molar-refractivity contribution in [2.75, 3.05) is 32.7 Å². The molecule has 1 N–H and O–H groups in total. The Bertz CT molecular complexity index is 732. The van der Waals surface area contributed by atoms with Crippen molar-refractivity contribution in [2.45, 2.75) is 37.6 Å². The zero-order chi connectivity index (χ0) is 19.3. The lowest BCUT2D eigenvalue weighted by Gasteiger charge is -2.36. The SMILES string of the molecule is N#CC1(NC(=O)CN2CCN(C(=O)c3ccccc3F)CC2)CCCCC1. The molecule has 0 radical (unpaired) electrons. The lowest BCUT2D eigenvalue weighted by molar-refractivity contribution is -0.124. The van der Waals surface area contributed by atoms with E-state index in [0.717, 1.165) is 19.3 Å². The monoisotopic (exact) mass is 372 g/mol. The normalized spacial score (nSPS) is 19.9. The number of halogens is 1. The molecule has 1 saturated heterocycles. The molecular weight excluding hydrogens is 347 g/mol. The maximum atomic E-state index is 13.8. The van der Waals surface area contributed by atoms with Crippen molar-refractivity contribution in [3.63, 3.8) is 0 Å². The minimum atomic E-state index is -0.724. The first kappa shape index (κ1) is 19.3. The molecule has 1 aliphatic heterocycles. The number of nitrogens with one attached hydrogen (secondary N) is 1. The Balaban J connectivity index is 1.49. The van der Waals surface area contributed by atoms with E-state index in [9.17, 15) is 19.2 Å². The van der Waals surface area contributed by atoms with Gasteiger partial charge in [0.15, 0.2) is 0 Å². The van der Waals surface area contributed by atoms with Gasteiger partial charge < -0.3 is 10.2 Å². The number of carbonyl (C=O) groups excluding carboxylic acids is 2. The molecule has 7 heteroatoms. The minimum absolute atomic E-state index is 0.0805. The fourth-order valence-electron chi connectivity index (χ4n) is 3.84. The molecule has 0 bridgehead atoms.